The maximum atomic E-state index is 13.1. The van der Waals surface area contributed by atoms with E-state index in [2.05, 4.69) is 44.8 Å². The van der Waals surface area contributed by atoms with Gasteiger partial charge in [0.2, 0.25) is 0 Å². The Morgan fingerprint density at radius 3 is 2.34 bits per heavy atom. The molecule has 0 amide bonds. The summed E-state index contributed by atoms with van der Waals surface area (Å²) in [4.78, 5) is 13.1. The average molecular weight is 510 g/mol. The van der Waals surface area contributed by atoms with Crippen LogP contribution in [0.1, 0.15) is 28.5 Å². The molecule has 0 aliphatic rings. The molecule has 0 atom stereocenters. The second kappa shape index (κ2) is 10.3. The van der Waals surface area contributed by atoms with Crippen LogP contribution in [0.3, 0.4) is 0 Å². The van der Waals surface area contributed by atoms with Crippen molar-refractivity contribution in [2.24, 2.45) is 0 Å². The number of ether oxygens (including phenoxy) is 2. The number of carbonyl (C=O) groups is 1. The third-order valence-corrected chi connectivity index (χ3v) is 6.82. The van der Waals surface area contributed by atoms with Gasteiger partial charge in [-0.05, 0) is 52.7 Å². The molecular formula is C26H24BrNO3S. The molecule has 164 valence electrons. The number of methoxy groups -OCH3 is 1. The number of para-hydroxylation sites is 1. The summed E-state index contributed by atoms with van der Waals surface area (Å²) >= 11 is 5.39. The van der Waals surface area contributed by atoms with Gasteiger partial charge in [0.05, 0.1) is 29.3 Å². The highest BCUT2D eigenvalue weighted by Crippen LogP contribution is 2.38. The summed E-state index contributed by atoms with van der Waals surface area (Å²) in [7, 11) is 1.63. The molecule has 0 spiro atoms. The van der Waals surface area contributed by atoms with E-state index in [0.29, 0.717) is 23.7 Å². The van der Waals surface area contributed by atoms with Gasteiger partial charge in [-0.3, -0.25) is 0 Å². The number of esters is 1. The number of benzene rings is 3. The van der Waals surface area contributed by atoms with Crippen LogP contribution in [0.2, 0.25) is 0 Å². The van der Waals surface area contributed by atoms with Crippen molar-refractivity contribution in [3.05, 3.63) is 94.1 Å². The number of rotatable bonds is 8. The van der Waals surface area contributed by atoms with Gasteiger partial charge in [0, 0.05) is 28.3 Å². The monoisotopic (exact) mass is 509 g/mol. The van der Waals surface area contributed by atoms with Crippen LogP contribution < -0.4 is 4.74 Å². The Hall–Kier alpha value is -2.70. The first-order valence-electron chi connectivity index (χ1n) is 10.4. The van der Waals surface area contributed by atoms with Gasteiger partial charge in [0.25, 0.3) is 0 Å². The SMILES string of the molecule is CCOC(=O)c1c(CSCc2ccccc2)n(-c2ccccc2)c2cc(Br)c(OC)cc12. The zero-order chi connectivity index (χ0) is 22.5. The molecule has 0 unspecified atom stereocenters. The molecular weight excluding hydrogens is 486 g/mol. The minimum atomic E-state index is -0.313. The van der Waals surface area contributed by atoms with Crippen molar-refractivity contribution in [3.63, 3.8) is 0 Å². The molecule has 4 rings (SSSR count). The first-order valence-corrected chi connectivity index (χ1v) is 12.3. The number of thioether (sulfide) groups is 1. The number of hydrogen-bond donors (Lipinski definition) is 0. The highest BCUT2D eigenvalue weighted by Gasteiger charge is 2.25. The number of hydrogen-bond acceptors (Lipinski definition) is 4. The molecule has 1 aromatic heterocycles. The quantitative estimate of drug-likeness (QED) is 0.239. The van der Waals surface area contributed by atoms with Crippen molar-refractivity contribution >= 4 is 44.6 Å². The van der Waals surface area contributed by atoms with Crippen molar-refractivity contribution in [3.8, 4) is 11.4 Å². The molecule has 0 saturated heterocycles. The van der Waals surface area contributed by atoms with Crippen LogP contribution in [0, 0.1) is 0 Å². The lowest BCUT2D eigenvalue weighted by Gasteiger charge is -2.13. The number of fused-ring (bicyclic) bond motifs is 1. The van der Waals surface area contributed by atoms with Crippen LogP contribution in [-0.4, -0.2) is 24.3 Å². The average Bonchev–Trinajstić information content (AvgIpc) is 3.12. The molecule has 4 aromatic rings. The fraction of sp³-hybridized carbons (Fsp3) is 0.192. The van der Waals surface area contributed by atoms with Crippen molar-refractivity contribution < 1.29 is 14.3 Å². The van der Waals surface area contributed by atoms with Gasteiger partial charge in [0.15, 0.2) is 0 Å². The Balaban J connectivity index is 1.89. The first-order chi connectivity index (χ1) is 15.6. The minimum absolute atomic E-state index is 0.313. The van der Waals surface area contributed by atoms with Gasteiger partial charge in [-0.15, -0.1) is 0 Å². The summed E-state index contributed by atoms with van der Waals surface area (Å²) in [6.45, 7) is 2.15. The summed E-state index contributed by atoms with van der Waals surface area (Å²) in [5.74, 6) is 1.88. The number of aromatic nitrogens is 1. The largest absolute Gasteiger partial charge is 0.496 e. The lowest BCUT2D eigenvalue weighted by Crippen LogP contribution is -2.09. The van der Waals surface area contributed by atoms with E-state index < -0.39 is 0 Å². The van der Waals surface area contributed by atoms with Crippen LogP contribution in [0.5, 0.6) is 5.75 Å². The molecule has 0 aliphatic heterocycles. The molecule has 1 heterocycles. The summed E-state index contributed by atoms with van der Waals surface area (Å²) in [5, 5.41) is 0.822. The van der Waals surface area contributed by atoms with Crippen LogP contribution in [0.25, 0.3) is 16.6 Å². The third kappa shape index (κ3) is 4.57. The van der Waals surface area contributed by atoms with E-state index in [1.807, 2.05) is 55.5 Å². The van der Waals surface area contributed by atoms with Crippen LogP contribution in [-0.2, 0) is 16.2 Å². The summed E-state index contributed by atoms with van der Waals surface area (Å²) < 4.78 is 14.0. The fourth-order valence-corrected chi connectivity index (χ4v) is 5.27. The third-order valence-electron chi connectivity index (χ3n) is 5.18. The zero-order valence-corrected chi connectivity index (χ0v) is 20.4. The van der Waals surface area contributed by atoms with Crippen molar-refractivity contribution in [1.82, 2.24) is 4.57 Å². The fourth-order valence-electron chi connectivity index (χ4n) is 3.78. The second-order valence-corrected chi connectivity index (χ2v) is 9.04. The number of halogens is 1. The Kier molecular flexibility index (Phi) is 7.22. The number of carbonyl (C=O) groups excluding carboxylic acids is 1. The molecule has 32 heavy (non-hydrogen) atoms. The molecule has 6 heteroatoms. The van der Waals surface area contributed by atoms with Gasteiger partial charge in [-0.1, -0.05) is 48.5 Å². The smallest absolute Gasteiger partial charge is 0.340 e. The predicted molar refractivity (Wildman–Crippen MR) is 135 cm³/mol. The van der Waals surface area contributed by atoms with Gasteiger partial charge < -0.3 is 14.0 Å². The Morgan fingerprint density at radius 1 is 1.00 bits per heavy atom. The van der Waals surface area contributed by atoms with Crippen LogP contribution in [0.4, 0.5) is 0 Å². The topological polar surface area (TPSA) is 40.5 Å². The molecule has 3 aromatic carbocycles. The normalized spacial score (nSPS) is 11.0. The molecule has 4 nitrogen and oxygen atoms in total. The van der Waals surface area contributed by atoms with E-state index in [4.69, 9.17) is 9.47 Å². The van der Waals surface area contributed by atoms with Gasteiger partial charge in [-0.25, -0.2) is 4.79 Å². The van der Waals surface area contributed by atoms with Crippen LogP contribution in [0.15, 0.2) is 77.3 Å². The van der Waals surface area contributed by atoms with Crippen molar-refractivity contribution in [2.45, 2.75) is 18.4 Å². The summed E-state index contributed by atoms with van der Waals surface area (Å²) in [6, 6.07) is 24.4. The number of nitrogens with zero attached hydrogens (tertiary/aromatic N) is 1. The highest BCUT2D eigenvalue weighted by molar-refractivity contribution is 9.10. The first kappa shape index (κ1) is 22.5. The zero-order valence-electron chi connectivity index (χ0n) is 18.0. The highest BCUT2D eigenvalue weighted by atomic mass is 79.9. The van der Waals surface area contributed by atoms with Gasteiger partial charge in [0.1, 0.15) is 5.75 Å². The molecule has 0 fully saturated rings. The maximum absolute atomic E-state index is 13.1. The summed E-state index contributed by atoms with van der Waals surface area (Å²) in [6.07, 6.45) is 0. The Bertz CT molecular complexity index is 1220. The van der Waals surface area contributed by atoms with E-state index >= 15 is 0 Å². The van der Waals surface area contributed by atoms with E-state index in [9.17, 15) is 4.79 Å². The Morgan fingerprint density at radius 2 is 1.69 bits per heavy atom. The Labute approximate surface area is 200 Å². The van der Waals surface area contributed by atoms with Gasteiger partial charge in [-0.2, -0.15) is 11.8 Å². The standard InChI is InChI=1S/C26H24BrNO3S/c1-3-31-26(29)25-20-14-24(30-2)21(27)15-22(20)28(19-12-8-5-9-13-19)23(25)17-32-16-18-10-6-4-7-11-18/h4-15H,3,16-17H2,1-2H3. The summed E-state index contributed by atoms with van der Waals surface area (Å²) in [5.41, 5.74) is 4.70. The molecule has 0 bridgehead atoms. The molecule has 0 aliphatic carbocycles. The van der Waals surface area contributed by atoms with E-state index in [1.54, 1.807) is 18.9 Å². The lowest BCUT2D eigenvalue weighted by atomic mass is 10.1. The maximum Gasteiger partial charge on any atom is 0.340 e. The van der Waals surface area contributed by atoms with Crippen LogP contribution >= 0.6 is 27.7 Å². The predicted octanol–water partition coefficient (Wildman–Crippen LogP) is 7.01. The van der Waals surface area contributed by atoms with Crippen molar-refractivity contribution in [2.75, 3.05) is 13.7 Å². The van der Waals surface area contributed by atoms with E-state index in [1.165, 1.54) is 5.56 Å². The minimum Gasteiger partial charge on any atom is -0.496 e. The van der Waals surface area contributed by atoms with Gasteiger partial charge >= 0.3 is 5.97 Å². The van der Waals surface area contributed by atoms with E-state index in [-0.39, 0.29) is 5.97 Å². The molecule has 0 radical (unpaired) electrons. The molecule has 0 saturated carbocycles. The lowest BCUT2D eigenvalue weighted by molar-refractivity contribution is 0.0527. The van der Waals surface area contributed by atoms with Crippen molar-refractivity contribution in [1.29, 1.82) is 0 Å². The second-order valence-electron chi connectivity index (χ2n) is 7.20. The molecule has 0 N–H and O–H groups in total. The van der Waals surface area contributed by atoms with E-state index in [0.717, 1.165) is 32.5 Å².